The van der Waals surface area contributed by atoms with Gasteiger partial charge in [-0.15, -0.1) is 0 Å². The van der Waals surface area contributed by atoms with Crippen LogP contribution >= 0.6 is 0 Å². The van der Waals surface area contributed by atoms with Crippen molar-refractivity contribution in [2.24, 2.45) is 0 Å². The molecule has 2 aromatic rings. The molecule has 0 fully saturated rings. The number of ether oxygens (including phenoxy) is 2. The summed E-state index contributed by atoms with van der Waals surface area (Å²) in [5.74, 6) is 0.880. The molecule has 0 atom stereocenters. The standard InChI is InChI=1S/C11H10N2O4/c1-16-8-3-4-9(17-2)11-10(8)7(13(14)15)5-6-12-11/h3-6H,1-2H3. The van der Waals surface area contributed by atoms with E-state index in [1.807, 2.05) is 0 Å². The highest BCUT2D eigenvalue weighted by Crippen LogP contribution is 2.37. The van der Waals surface area contributed by atoms with Crippen molar-refractivity contribution >= 4 is 16.6 Å². The first-order chi connectivity index (χ1) is 8.19. The minimum absolute atomic E-state index is 0.0502. The van der Waals surface area contributed by atoms with Gasteiger partial charge >= 0.3 is 0 Å². The molecule has 0 aliphatic heterocycles. The zero-order valence-electron chi connectivity index (χ0n) is 9.34. The Morgan fingerprint density at radius 2 is 1.82 bits per heavy atom. The lowest BCUT2D eigenvalue weighted by molar-refractivity contribution is -0.383. The first kappa shape index (κ1) is 11.1. The molecular weight excluding hydrogens is 224 g/mol. The Kier molecular flexibility index (Phi) is 2.78. The summed E-state index contributed by atoms with van der Waals surface area (Å²) >= 11 is 0. The Morgan fingerprint density at radius 1 is 1.18 bits per heavy atom. The molecule has 0 amide bonds. The number of hydrogen-bond donors (Lipinski definition) is 0. The smallest absolute Gasteiger partial charge is 0.284 e. The number of pyridine rings is 1. The number of methoxy groups -OCH3 is 2. The summed E-state index contributed by atoms with van der Waals surface area (Å²) < 4.78 is 10.2. The van der Waals surface area contributed by atoms with Gasteiger partial charge < -0.3 is 9.47 Å². The number of hydrogen-bond acceptors (Lipinski definition) is 5. The van der Waals surface area contributed by atoms with Gasteiger partial charge in [-0.3, -0.25) is 15.1 Å². The van der Waals surface area contributed by atoms with Gasteiger partial charge in [-0.1, -0.05) is 0 Å². The van der Waals surface area contributed by atoms with Crippen molar-refractivity contribution < 1.29 is 14.4 Å². The van der Waals surface area contributed by atoms with E-state index in [1.54, 1.807) is 12.1 Å². The third-order valence-electron chi connectivity index (χ3n) is 2.43. The van der Waals surface area contributed by atoms with Crippen LogP contribution in [0, 0.1) is 10.1 Å². The van der Waals surface area contributed by atoms with Gasteiger partial charge in [0.2, 0.25) is 0 Å². The van der Waals surface area contributed by atoms with Gasteiger partial charge in [0.25, 0.3) is 5.69 Å². The molecule has 0 bridgehead atoms. The molecule has 0 unspecified atom stereocenters. The third-order valence-corrected chi connectivity index (χ3v) is 2.43. The van der Waals surface area contributed by atoms with E-state index in [1.165, 1.54) is 26.5 Å². The summed E-state index contributed by atoms with van der Waals surface area (Å²) in [5, 5.41) is 11.3. The minimum atomic E-state index is -0.466. The number of fused-ring (bicyclic) bond motifs is 1. The van der Waals surface area contributed by atoms with Crippen molar-refractivity contribution in [1.82, 2.24) is 4.98 Å². The molecule has 0 aliphatic rings. The van der Waals surface area contributed by atoms with Crippen LogP contribution in [0.2, 0.25) is 0 Å². The highest BCUT2D eigenvalue weighted by Gasteiger charge is 2.19. The van der Waals surface area contributed by atoms with Crippen LogP contribution in [0.25, 0.3) is 10.9 Å². The van der Waals surface area contributed by atoms with E-state index in [2.05, 4.69) is 4.98 Å². The largest absolute Gasteiger partial charge is 0.496 e. The normalized spacial score (nSPS) is 10.2. The fraction of sp³-hybridized carbons (Fsp3) is 0.182. The van der Waals surface area contributed by atoms with Crippen LogP contribution < -0.4 is 9.47 Å². The third kappa shape index (κ3) is 1.73. The molecule has 1 aromatic carbocycles. The summed E-state index contributed by atoms with van der Waals surface area (Å²) in [7, 11) is 2.94. The fourth-order valence-electron chi connectivity index (χ4n) is 1.68. The second kappa shape index (κ2) is 4.25. The van der Waals surface area contributed by atoms with Crippen molar-refractivity contribution in [1.29, 1.82) is 0 Å². The van der Waals surface area contributed by atoms with E-state index in [0.717, 1.165) is 0 Å². The molecule has 2 rings (SSSR count). The Morgan fingerprint density at radius 3 is 2.41 bits per heavy atom. The molecule has 0 aliphatic carbocycles. The summed E-state index contributed by atoms with van der Waals surface area (Å²) in [6.45, 7) is 0. The van der Waals surface area contributed by atoms with E-state index in [-0.39, 0.29) is 5.69 Å². The van der Waals surface area contributed by atoms with Gasteiger partial charge in [0.1, 0.15) is 22.4 Å². The second-order valence-corrected chi connectivity index (χ2v) is 3.28. The number of nitro groups is 1. The lowest BCUT2D eigenvalue weighted by atomic mass is 10.1. The summed E-state index contributed by atoms with van der Waals surface area (Å²) in [6.07, 6.45) is 1.38. The Labute approximate surface area is 96.9 Å². The summed E-state index contributed by atoms with van der Waals surface area (Å²) in [6, 6.07) is 4.62. The maximum atomic E-state index is 11.0. The maximum absolute atomic E-state index is 11.0. The predicted molar refractivity (Wildman–Crippen MR) is 61.5 cm³/mol. The second-order valence-electron chi connectivity index (χ2n) is 3.28. The van der Waals surface area contributed by atoms with Crippen molar-refractivity contribution in [2.75, 3.05) is 14.2 Å². The minimum Gasteiger partial charge on any atom is -0.496 e. The fourth-order valence-corrected chi connectivity index (χ4v) is 1.68. The molecule has 1 aromatic heterocycles. The lowest BCUT2D eigenvalue weighted by Gasteiger charge is -2.08. The van der Waals surface area contributed by atoms with Gasteiger partial charge in [0.05, 0.1) is 19.1 Å². The summed E-state index contributed by atoms with van der Waals surface area (Å²) in [4.78, 5) is 14.6. The molecule has 0 saturated heterocycles. The van der Waals surface area contributed by atoms with Crippen molar-refractivity contribution in [2.45, 2.75) is 0 Å². The topological polar surface area (TPSA) is 74.5 Å². The predicted octanol–water partition coefficient (Wildman–Crippen LogP) is 2.16. The van der Waals surface area contributed by atoms with Crippen LogP contribution in [0.4, 0.5) is 5.69 Å². The highest BCUT2D eigenvalue weighted by molar-refractivity contribution is 5.96. The molecule has 0 spiro atoms. The van der Waals surface area contributed by atoms with E-state index in [0.29, 0.717) is 22.4 Å². The first-order valence-electron chi connectivity index (χ1n) is 4.83. The van der Waals surface area contributed by atoms with Crippen LogP contribution in [0.15, 0.2) is 24.4 Å². The SMILES string of the molecule is COc1ccc(OC)c2c([N+](=O)[O-])ccnc12. The van der Waals surface area contributed by atoms with Gasteiger partial charge in [-0.2, -0.15) is 0 Å². The number of nitrogens with zero attached hydrogens (tertiary/aromatic N) is 2. The zero-order valence-corrected chi connectivity index (χ0v) is 9.34. The first-order valence-corrected chi connectivity index (χ1v) is 4.83. The van der Waals surface area contributed by atoms with Gasteiger partial charge in [0, 0.05) is 12.3 Å². The van der Waals surface area contributed by atoms with E-state index in [4.69, 9.17) is 9.47 Å². The highest BCUT2D eigenvalue weighted by atomic mass is 16.6. The zero-order chi connectivity index (χ0) is 12.4. The molecule has 6 nitrogen and oxygen atoms in total. The number of rotatable bonds is 3. The van der Waals surface area contributed by atoms with Gasteiger partial charge in [-0.05, 0) is 12.1 Å². The Balaban J connectivity index is 2.90. The Hall–Kier alpha value is -2.37. The molecule has 0 N–H and O–H groups in total. The lowest BCUT2D eigenvalue weighted by Crippen LogP contribution is -1.96. The monoisotopic (exact) mass is 234 g/mol. The molecule has 1 heterocycles. The van der Waals surface area contributed by atoms with Crippen molar-refractivity contribution in [3.8, 4) is 11.5 Å². The quantitative estimate of drug-likeness (QED) is 0.600. The van der Waals surface area contributed by atoms with Crippen molar-refractivity contribution in [3.63, 3.8) is 0 Å². The van der Waals surface area contributed by atoms with Crippen LogP contribution in [-0.4, -0.2) is 24.1 Å². The maximum Gasteiger partial charge on any atom is 0.284 e. The average Bonchev–Trinajstić information content (AvgIpc) is 2.36. The van der Waals surface area contributed by atoms with Crippen molar-refractivity contribution in [3.05, 3.63) is 34.5 Å². The average molecular weight is 234 g/mol. The van der Waals surface area contributed by atoms with E-state index in [9.17, 15) is 10.1 Å². The van der Waals surface area contributed by atoms with Crippen LogP contribution in [0.1, 0.15) is 0 Å². The van der Waals surface area contributed by atoms with Crippen LogP contribution in [0.3, 0.4) is 0 Å². The van der Waals surface area contributed by atoms with Gasteiger partial charge in [-0.25, -0.2) is 0 Å². The number of benzene rings is 1. The summed E-state index contributed by atoms with van der Waals surface area (Å²) in [5.41, 5.74) is 0.367. The molecule has 6 heteroatoms. The van der Waals surface area contributed by atoms with E-state index < -0.39 is 4.92 Å². The van der Waals surface area contributed by atoms with E-state index >= 15 is 0 Å². The molecule has 0 radical (unpaired) electrons. The molecular formula is C11H10N2O4. The molecule has 88 valence electrons. The molecule has 0 saturated carbocycles. The van der Waals surface area contributed by atoms with Crippen LogP contribution in [-0.2, 0) is 0 Å². The Bertz CT molecular complexity index is 583. The van der Waals surface area contributed by atoms with Crippen LogP contribution in [0.5, 0.6) is 11.5 Å². The molecule has 17 heavy (non-hydrogen) atoms. The number of aromatic nitrogens is 1. The van der Waals surface area contributed by atoms with Gasteiger partial charge in [0.15, 0.2) is 0 Å².